The van der Waals surface area contributed by atoms with Gasteiger partial charge in [-0.2, -0.15) is 0 Å². The van der Waals surface area contributed by atoms with Crippen molar-refractivity contribution in [2.75, 3.05) is 32.8 Å². The van der Waals surface area contributed by atoms with Gasteiger partial charge in [-0.1, -0.05) is 11.2 Å². The number of amides is 2. The maximum absolute atomic E-state index is 12.7. The van der Waals surface area contributed by atoms with E-state index in [1.165, 1.54) is 24.0 Å². The Hall–Kier alpha value is -3.03. The van der Waals surface area contributed by atoms with Gasteiger partial charge >= 0.3 is 6.09 Å². The monoisotopic (exact) mass is 413 g/mol. The Balaban J connectivity index is 1.30. The number of piperazine rings is 1. The van der Waals surface area contributed by atoms with E-state index in [2.05, 4.69) is 17.3 Å². The van der Waals surface area contributed by atoms with E-state index in [4.69, 9.17) is 14.0 Å². The van der Waals surface area contributed by atoms with Crippen molar-refractivity contribution in [2.45, 2.75) is 39.2 Å². The predicted octanol–water partition coefficient (Wildman–Crippen LogP) is 3.05. The molecule has 0 unspecified atom stereocenters. The summed E-state index contributed by atoms with van der Waals surface area (Å²) in [4.78, 5) is 27.7. The van der Waals surface area contributed by atoms with Crippen molar-refractivity contribution in [3.8, 4) is 5.75 Å². The van der Waals surface area contributed by atoms with Crippen LogP contribution >= 0.6 is 0 Å². The van der Waals surface area contributed by atoms with E-state index in [9.17, 15) is 9.59 Å². The van der Waals surface area contributed by atoms with E-state index >= 15 is 0 Å². The Kier molecular flexibility index (Phi) is 6.21. The molecule has 160 valence electrons. The number of aromatic nitrogens is 1. The summed E-state index contributed by atoms with van der Waals surface area (Å²) in [6.45, 7) is 4.09. The Morgan fingerprint density at radius 1 is 1.03 bits per heavy atom. The van der Waals surface area contributed by atoms with Crippen LogP contribution < -0.4 is 4.74 Å². The van der Waals surface area contributed by atoms with E-state index in [1.54, 1.807) is 22.8 Å². The molecule has 0 radical (unpaired) electrons. The van der Waals surface area contributed by atoms with E-state index < -0.39 is 0 Å². The lowest BCUT2D eigenvalue weighted by atomic mass is 9.92. The fourth-order valence-corrected chi connectivity index (χ4v) is 3.90. The third-order valence-corrected chi connectivity index (χ3v) is 5.57. The van der Waals surface area contributed by atoms with Crippen LogP contribution in [0.1, 0.15) is 47.1 Å². The molecule has 0 atom stereocenters. The largest absolute Gasteiger partial charge is 0.486 e. The molecule has 2 heterocycles. The Morgan fingerprint density at radius 2 is 1.77 bits per heavy atom. The minimum atomic E-state index is -0.340. The topological polar surface area (TPSA) is 85.1 Å². The lowest BCUT2D eigenvalue weighted by Gasteiger charge is -2.33. The maximum atomic E-state index is 12.7. The van der Waals surface area contributed by atoms with Crippen molar-refractivity contribution < 1.29 is 23.6 Å². The van der Waals surface area contributed by atoms with Crippen molar-refractivity contribution in [3.05, 3.63) is 46.8 Å². The maximum Gasteiger partial charge on any atom is 0.409 e. The number of benzene rings is 1. The molecular formula is C22H27N3O5. The minimum absolute atomic E-state index is 0.206. The third-order valence-electron chi connectivity index (χ3n) is 5.57. The van der Waals surface area contributed by atoms with Crippen molar-refractivity contribution in [1.29, 1.82) is 0 Å². The van der Waals surface area contributed by atoms with Crippen molar-refractivity contribution in [1.82, 2.24) is 15.0 Å². The summed E-state index contributed by atoms with van der Waals surface area (Å²) in [5.74, 6) is 1.10. The highest BCUT2D eigenvalue weighted by molar-refractivity contribution is 5.92. The molecule has 2 aromatic rings. The molecule has 8 heteroatoms. The smallest absolute Gasteiger partial charge is 0.409 e. The number of carbonyl (C=O) groups excluding carboxylic acids is 2. The molecule has 1 aliphatic carbocycles. The standard InChI is InChI=1S/C22H27N3O5/c1-2-28-22(27)25-11-9-24(10-12-25)21(26)20-14-19(30-23-20)15-29-18-8-7-16-5-3-4-6-17(16)13-18/h7-8,13-14H,2-6,9-12,15H2,1H3. The lowest BCUT2D eigenvalue weighted by molar-refractivity contribution is 0.0562. The van der Waals surface area contributed by atoms with Gasteiger partial charge in [0.1, 0.15) is 12.4 Å². The van der Waals surface area contributed by atoms with Gasteiger partial charge in [0.25, 0.3) is 5.91 Å². The van der Waals surface area contributed by atoms with Crippen LogP contribution in [-0.4, -0.2) is 59.7 Å². The van der Waals surface area contributed by atoms with Gasteiger partial charge in [0.05, 0.1) is 6.61 Å². The second-order valence-electron chi connectivity index (χ2n) is 7.58. The quantitative estimate of drug-likeness (QED) is 0.749. The molecule has 1 saturated heterocycles. The minimum Gasteiger partial charge on any atom is -0.486 e. The molecular weight excluding hydrogens is 386 g/mol. The highest BCUT2D eigenvalue weighted by atomic mass is 16.6. The predicted molar refractivity (Wildman–Crippen MR) is 108 cm³/mol. The molecule has 1 aromatic heterocycles. The molecule has 0 spiro atoms. The zero-order valence-corrected chi connectivity index (χ0v) is 17.3. The summed E-state index contributed by atoms with van der Waals surface area (Å²) >= 11 is 0. The van der Waals surface area contributed by atoms with Gasteiger partial charge in [0.15, 0.2) is 11.5 Å². The van der Waals surface area contributed by atoms with Crippen LogP contribution in [0.5, 0.6) is 5.75 Å². The molecule has 4 rings (SSSR count). The van der Waals surface area contributed by atoms with Gasteiger partial charge in [-0.25, -0.2) is 4.79 Å². The van der Waals surface area contributed by atoms with Gasteiger partial charge in [-0.05, 0) is 55.9 Å². The number of carbonyl (C=O) groups is 2. The number of nitrogens with zero attached hydrogens (tertiary/aromatic N) is 3. The van der Waals surface area contributed by atoms with Crippen molar-refractivity contribution in [3.63, 3.8) is 0 Å². The summed E-state index contributed by atoms with van der Waals surface area (Å²) in [5, 5.41) is 3.91. The van der Waals surface area contributed by atoms with Crippen LogP contribution in [0.25, 0.3) is 0 Å². The van der Waals surface area contributed by atoms with Crippen LogP contribution in [0.4, 0.5) is 4.79 Å². The molecule has 0 bridgehead atoms. The summed E-state index contributed by atoms with van der Waals surface area (Å²) in [5.41, 5.74) is 3.02. The van der Waals surface area contributed by atoms with Gasteiger partial charge in [-0.3, -0.25) is 4.79 Å². The van der Waals surface area contributed by atoms with Gasteiger partial charge < -0.3 is 23.8 Å². The van der Waals surface area contributed by atoms with Crippen LogP contribution in [0.15, 0.2) is 28.8 Å². The number of aryl methyl sites for hydroxylation is 2. The molecule has 8 nitrogen and oxygen atoms in total. The number of rotatable bonds is 5. The van der Waals surface area contributed by atoms with Crippen LogP contribution in [0.3, 0.4) is 0 Å². The Labute approximate surface area is 175 Å². The molecule has 0 N–H and O–H groups in total. The van der Waals surface area contributed by atoms with Crippen LogP contribution in [0.2, 0.25) is 0 Å². The SMILES string of the molecule is CCOC(=O)N1CCN(C(=O)c2cc(COc3ccc4c(c3)CCCC4)on2)CC1. The second kappa shape index (κ2) is 9.19. The number of ether oxygens (including phenoxy) is 2. The first-order valence-electron chi connectivity index (χ1n) is 10.5. The fourth-order valence-electron chi connectivity index (χ4n) is 3.90. The van der Waals surface area contributed by atoms with E-state index in [-0.39, 0.29) is 24.3 Å². The Morgan fingerprint density at radius 3 is 2.53 bits per heavy atom. The molecule has 1 aliphatic heterocycles. The van der Waals surface area contributed by atoms with E-state index in [0.29, 0.717) is 38.5 Å². The Bertz CT molecular complexity index is 902. The summed E-state index contributed by atoms with van der Waals surface area (Å²) in [6.07, 6.45) is 4.36. The van der Waals surface area contributed by atoms with Crippen LogP contribution in [-0.2, 0) is 24.2 Å². The third kappa shape index (κ3) is 4.58. The average molecular weight is 413 g/mol. The van der Waals surface area contributed by atoms with Gasteiger partial charge in [-0.15, -0.1) is 0 Å². The van der Waals surface area contributed by atoms with E-state index in [0.717, 1.165) is 18.6 Å². The first-order valence-corrected chi connectivity index (χ1v) is 10.5. The zero-order chi connectivity index (χ0) is 20.9. The molecule has 2 amide bonds. The summed E-state index contributed by atoms with van der Waals surface area (Å²) < 4.78 is 16.1. The molecule has 2 aliphatic rings. The number of fused-ring (bicyclic) bond motifs is 1. The zero-order valence-electron chi connectivity index (χ0n) is 17.3. The normalized spacial score (nSPS) is 16.2. The lowest BCUT2D eigenvalue weighted by Crippen LogP contribution is -2.50. The average Bonchev–Trinajstić information content (AvgIpc) is 3.26. The molecule has 30 heavy (non-hydrogen) atoms. The molecule has 1 aromatic carbocycles. The highest BCUT2D eigenvalue weighted by Crippen LogP contribution is 2.26. The first-order chi connectivity index (χ1) is 14.6. The molecule has 0 saturated carbocycles. The summed E-state index contributed by atoms with van der Waals surface area (Å²) in [7, 11) is 0. The number of hydrogen-bond acceptors (Lipinski definition) is 6. The summed E-state index contributed by atoms with van der Waals surface area (Å²) in [6, 6.07) is 7.84. The van der Waals surface area contributed by atoms with Crippen LogP contribution in [0, 0.1) is 0 Å². The van der Waals surface area contributed by atoms with E-state index in [1.807, 2.05) is 6.07 Å². The van der Waals surface area contributed by atoms with Crippen molar-refractivity contribution in [2.24, 2.45) is 0 Å². The second-order valence-corrected chi connectivity index (χ2v) is 7.58. The van der Waals surface area contributed by atoms with Crippen molar-refractivity contribution >= 4 is 12.0 Å². The number of hydrogen-bond donors (Lipinski definition) is 0. The highest BCUT2D eigenvalue weighted by Gasteiger charge is 2.27. The van der Waals surface area contributed by atoms with Gasteiger partial charge in [0, 0.05) is 32.2 Å². The fraction of sp³-hybridized carbons (Fsp3) is 0.500. The first kappa shape index (κ1) is 20.3. The molecule has 1 fully saturated rings. The van der Waals surface area contributed by atoms with Gasteiger partial charge in [0.2, 0.25) is 0 Å².